The molecule has 2 bridgehead atoms. The van der Waals surface area contributed by atoms with Gasteiger partial charge in [-0.1, -0.05) is 13.8 Å². The maximum atomic E-state index is 11.0. The van der Waals surface area contributed by atoms with Gasteiger partial charge < -0.3 is 5.11 Å². The van der Waals surface area contributed by atoms with Crippen LogP contribution in [0.15, 0.2) is 0 Å². The topological polar surface area (TPSA) is 37.3 Å². The van der Waals surface area contributed by atoms with Crippen LogP contribution in [0.1, 0.15) is 33.1 Å². The van der Waals surface area contributed by atoms with E-state index in [4.69, 9.17) is 5.11 Å². The van der Waals surface area contributed by atoms with Gasteiger partial charge in [-0.2, -0.15) is 0 Å². The lowest BCUT2D eigenvalue weighted by molar-refractivity contribution is -0.148. The fraction of sp³-hybridized carbons (Fsp3) is 0.900. The predicted octanol–water partition coefficient (Wildman–Crippen LogP) is 2.14. The van der Waals surface area contributed by atoms with E-state index in [2.05, 4.69) is 13.8 Å². The summed E-state index contributed by atoms with van der Waals surface area (Å²) in [4.78, 5) is 11.0. The number of fused-ring (bicyclic) bond motifs is 2. The van der Waals surface area contributed by atoms with Gasteiger partial charge in [-0.3, -0.25) is 4.79 Å². The summed E-state index contributed by atoms with van der Waals surface area (Å²) < 4.78 is 0. The zero-order valence-corrected chi connectivity index (χ0v) is 7.71. The molecule has 2 rings (SSSR count). The van der Waals surface area contributed by atoms with E-state index < -0.39 is 5.97 Å². The lowest BCUT2D eigenvalue weighted by Gasteiger charge is -2.35. The Morgan fingerprint density at radius 2 is 2.08 bits per heavy atom. The molecule has 0 saturated heterocycles. The molecule has 0 aromatic carbocycles. The second kappa shape index (κ2) is 2.24. The molecule has 1 N–H and O–H groups in total. The fourth-order valence-corrected chi connectivity index (χ4v) is 3.38. The molecule has 2 fully saturated rings. The predicted molar refractivity (Wildman–Crippen MR) is 45.7 cm³/mol. The van der Waals surface area contributed by atoms with Crippen LogP contribution in [0, 0.1) is 23.2 Å². The Kier molecular flexibility index (Phi) is 1.51. The zero-order chi connectivity index (χ0) is 8.93. The summed E-state index contributed by atoms with van der Waals surface area (Å²) >= 11 is 0. The normalized spacial score (nSPS) is 43.3. The molecule has 2 aliphatic rings. The molecule has 0 aliphatic heterocycles. The number of carbonyl (C=O) groups is 1. The maximum Gasteiger partial charge on any atom is 0.307 e. The van der Waals surface area contributed by atoms with Gasteiger partial charge in [0.05, 0.1) is 5.92 Å². The first-order chi connectivity index (χ1) is 5.53. The standard InChI is InChI=1S/C10H16O2/c1-10(2)7-4-3-6(5-7)8(10)9(11)12/h6-8H,3-5H2,1-2H3,(H,11,12)/t6-,7-,8-/m0/s1. The summed E-state index contributed by atoms with van der Waals surface area (Å²) in [5.41, 5.74) is 0.0503. The first kappa shape index (κ1) is 8.09. The fourth-order valence-electron chi connectivity index (χ4n) is 3.38. The van der Waals surface area contributed by atoms with E-state index in [1.807, 2.05) is 0 Å². The molecule has 12 heavy (non-hydrogen) atoms. The molecule has 0 unspecified atom stereocenters. The molecule has 2 aliphatic carbocycles. The van der Waals surface area contributed by atoms with Gasteiger partial charge in [0.15, 0.2) is 0 Å². The molecule has 2 saturated carbocycles. The number of carboxylic acids is 1. The summed E-state index contributed by atoms with van der Waals surface area (Å²) in [7, 11) is 0. The van der Waals surface area contributed by atoms with Crippen molar-refractivity contribution in [3.63, 3.8) is 0 Å². The molecular formula is C10H16O2. The van der Waals surface area contributed by atoms with Crippen LogP contribution in [-0.2, 0) is 4.79 Å². The van der Waals surface area contributed by atoms with Crippen molar-refractivity contribution in [2.45, 2.75) is 33.1 Å². The lowest BCUT2D eigenvalue weighted by Crippen LogP contribution is -2.36. The van der Waals surface area contributed by atoms with E-state index in [0.717, 1.165) is 12.8 Å². The van der Waals surface area contributed by atoms with E-state index in [1.165, 1.54) is 6.42 Å². The maximum absolute atomic E-state index is 11.0. The first-order valence-corrected chi connectivity index (χ1v) is 4.76. The van der Waals surface area contributed by atoms with Gasteiger partial charge >= 0.3 is 5.97 Å². The van der Waals surface area contributed by atoms with Gasteiger partial charge in [-0.25, -0.2) is 0 Å². The average molecular weight is 168 g/mol. The van der Waals surface area contributed by atoms with Crippen LogP contribution in [0.5, 0.6) is 0 Å². The first-order valence-electron chi connectivity index (χ1n) is 4.76. The van der Waals surface area contributed by atoms with Gasteiger partial charge in [0, 0.05) is 0 Å². The number of aliphatic carboxylic acids is 1. The average Bonchev–Trinajstić information content (AvgIpc) is 2.41. The highest BCUT2D eigenvalue weighted by Gasteiger charge is 2.55. The summed E-state index contributed by atoms with van der Waals surface area (Å²) in [5, 5.41) is 9.07. The van der Waals surface area contributed by atoms with E-state index in [-0.39, 0.29) is 11.3 Å². The monoisotopic (exact) mass is 168 g/mol. The van der Waals surface area contributed by atoms with Crippen LogP contribution >= 0.6 is 0 Å². The second-order valence-corrected chi connectivity index (χ2v) is 4.91. The van der Waals surface area contributed by atoms with Gasteiger partial charge in [-0.05, 0) is 36.5 Å². The third kappa shape index (κ3) is 0.838. The number of hydrogen-bond donors (Lipinski definition) is 1. The van der Waals surface area contributed by atoms with Crippen LogP contribution < -0.4 is 0 Å². The van der Waals surface area contributed by atoms with Crippen molar-refractivity contribution < 1.29 is 9.90 Å². The third-order valence-electron chi connectivity index (χ3n) is 4.06. The van der Waals surface area contributed by atoms with Gasteiger partial charge in [0.25, 0.3) is 0 Å². The van der Waals surface area contributed by atoms with Gasteiger partial charge in [0.2, 0.25) is 0 Å². The molecular weight excluding hydrogens is 152 g/mol. The van der Waals surface area contributed by atoms with Crippen molar-refractivity contribution in [2.24, 2.45) is 23.2 Å². The van der Waals surface area contributed by atoms with Crippen LogP contribution in [-0.4, -0.2) is 11.1 Å². The minimum absolute atomic E-state index is 0.0503. The number of hydrogen-bond acceptors (Lipinski definition) is 1. The van der Waals surface area contributed by atoms with Crippen molar-refractivity contribution in [3.8, 4) is 0 Å². The minimum atomic E-state index is -0.577. The van der Waals surface area contributed by atoms with Crippen molar-refractivity contribution >= 4 is 5.97 Å². The minimum Gasteiger partial charge on any atom is -0.481 e. The van der Waals surface area contributed by atoms with Gasteiger partial charge in [-0.15, -0.1) is 0 Å². The van der Waals surface area contributed by atoms with E-state index in [1.54, 1.807) is 0 Å². The molecule has 2 nitrogen and oxygen atoms in total. The number of rotatable bonds is 1. The molecule has 0 radical (unpaired) electrons. The summed E-state index contributed by atoms with van der Waals surface area (Å²) in [5.74, 6) is 0.495. The van der Waals surface area contributed by atoms with Crippen LogP contribution in [0.3, 0.4) is 0 Å². The molecule has 3 atom stereocenters. The van der Waals surface area contributed by atoms with E-state index >= 15 is 0 Å². The molecule has 0 aromatic rings. The Morgan fingerprint density at radius 1 is 1.42 bits per heavy atom. The van der Waals surface area contributed by atoms with Crippen LogP contribution in [0.25, 0.3) is 0 Å². The van der Waals surface area contributed by atoms with Crippen molar-refractivity contribution in [1.82, 2.24) is 0 Å². The quantitative estimate of drug-likeness (QED) is 0.651. The van der Waals surface area contributed by atoms with Gasteiger partial charge in [0.1, 0.15) is 0 Å². The molecule has 0 amide bonds. The Labute approximate surface area is 73.0 Å². The highest BCUT2D eigenvalue weighted by Crippen LogP contribution is 2.59. The van der Waals surface area contributed by atoms with E-state index in [0.29, 0.717) is 11.8 Å². The molecule has 2 heteroatoms. The summed E-state index contributed by atoms with van der Waals surface area (Å²) in [6.45, 7) is 4.24. The third-order valence-corrected chi connectivity index (χ3v) is 4.06. The molecule has 0 spiro atoms. The van der Waals surface area contributed by atoms with Crippen molar-refractivity contribution in [1.29, 1.82) is 0 Å². The van der Waals surface area contributed by atoms with Crippen LogP contribution in [0.2, 0.25) is 0 Å². The molecule has 0 aromatic heterocycles. The van der Waals surface area contributed by atoms with Crippen molar-refractivity contribution in [2.75, 3.05) is 0 Å². The zero-order valence-electron chi connectivity index (χ0n) is 7.71. The Hall–Kier alpha value is -0.530. The molecule has 0 heterocycles. The summed E-state index contributed by atoms with van der Waals surface area (Å²) in [6.07, 6.45) is 3.55. The van der Waals surface area contributed by atoms with Crippen molar-refractivity contribution in [3.05, 3.63) is 0 Å². The van der Waals surface area contributed by atoms with E-state index in [9.17, 15) is 4.79 Å². The van der Waals surface area contributed by atoms with Crippen LogP contribution in [0.4, 0.5) is 0 Å². The lowest BCUT2D eigenvalue weighted by atomic mass is 9.69. The summed E-state index contributed by atoms with van der Waals surface area (Å²) in [6, 6.07) is 0. The second-order valence-electron chi connectivity index (χ2n) is 4.91. The largest absolute Gasteiger partial charge is 0.481 e. The Balaban J connectivity index is 2.29. The highest BCUT2D eigenvalue weighted by molar-refractivity contribution is 5.72. The number of carboxylic acid groups (broad SMARTS) is 1. The smallest absolute Gasteiger partial charge is 0.307 e. The SMILES string of the molecule is CC1(C)[C@H]2CC[C@@H](C2)[C@H]1C(=O)O. The molecule has 68 valence electrons. The Bertz CT molecular complexity index is 220. The highest BCUT2D eigenvalue weighted by atomic mass is 16.4. The Morgan fingerprint density at radius 3 is 2.42 bits per heavy atom.